The molecular formula is C10H17N3O2. The zero-order valence-electron chi connectivity index (χ0n) is 9.12. The summed E-state index contributed by atoms with van der Waals surface area (Å²) in [4.78, 5) is 24.6. The van der Waals surface area contributed by atoms with Crippen LogP contribution in [-0.4, -0.2) is 15.5 Å². The Morgan fingerprint density at radius 2 is 2.27 bits per heavy atom. The van der Waals surface area contributed by atoms with Crippen molar-refractivity contribution in [1.82, 2.24) is 9.55 Å². The minimum atomic E-state index is -0.438. The summed E-state index contributed by atoms with van der Waals surface area (Å²) in [7, 11) is 0. The van der Waals surface area contributed by atoms with Gasteiger partial charge in [0.1, 0.15) is 0 Å². The van der Waals surface area contributed by atoms with Gasteiger partial charge in [0.25, 0.3) is 0 Å². The van der Waals surface area contributed by atoms with Crippen molar-refractivity contribution in [2.45, 2.75) is 33.2 Å². The van der Waals surface area contributed by atoms with Crippen molar-refractivity contribution in [2.24, 2.45) is 11.7 Å². The molecule has 0 atom stereocenters. The van der Waals surface area contributed by atoms with Crippen molar-refractivity contribution in [1.29, 1.82) is 0 Å². The van der Waals surface area contributed by atoms with Gasteiger partial charge in [0.15, 0.2) is 0 Å². The Kier molecular flexibility index (Phi) is 3.71. The molecule has 0 bridgehead atoms. The standard InChI is InChI=1S/C10H17N3O2/c1-7(2)3-4-13-6-8(5-9(11)14)12-10(13)15/h6-7H,3-5H2,1-2H3,(H2,11,14)(H,12,15). The number of aryl methyl sites for hydroxylation is 1. The summed E-state index contributed by atoms with van der Waals surface area (Å²) in [5, 5.41) is 0. The van der Waals surface area contributed by atoms with Gasteiger partial charge in [-0.25, -0.2) is 4.79 Å². The van der Waals surface area contributed by atoms with Gasteiger partial charge in [-0.1, -0.05) is 13.8 Å². The van der Waals surface area contributed by atoms with E-state index in [1.165, 1.54) is 0 Å². The van der Waals surface area contributed by atoms with Crippen LogP contribution in [0.1, 0.15) is 26.0 Å². The fourth-order valence-electron chi connectivity index (χ4n) is 1.33. The summed E-state index contributed by atoms with van der Waals surface area (Å²) in [6.45, 7) is 4.87. The molecule has 1 heterocycles. The maximum atomic E-state index is 11.4. The Balaban J connectivity index is 2.69. The van der Waals surface area contributed by atoms with Crippen molar-refractivity contribution in [3.05, 3.63) is 22.4 Å². The van der Waals surface area contributed by atoms with Crippen LogP contribution in [0.3, 0.4) is 0 Å². The monoisotopic (exact) mass is 211 g/mol. The van der Waals surface area contributed by atoms with E-state index in [2.05, 4.69) is 18.8 Å². The van der Waals surface area contributed by atoms with Crippen LogP contribution in [0.15, 0.2) is 11.0 Å². The molecule has 0 aromatic carbocycles. The van der Waals surface area contributed by atoms with Crippen LogP contribution in [0, 0.1) is 5.92 Å². The van der Waals surface area contributed by atoms with Crippen molar-refractivity contribution in [2.75, 3.05) is 0 Å². The highest BCUT2D eigenvalue weighted by Crippen LogP contribution is 2.01. The molecule has 0 aliphatic carbocycles. The van der Waals surface area contributed by atoms with Gasteiger partial charge in [0, 0.05) is 18.4 Å². The lowest BCUT2D eigenvalue weighted by Gasteiger charge is -2.03. The van der Waals surface area contributed by atoms with Gasteiger partial charge in [-0.15, -0.1) is 0 Å². The van der Waals surface area contributed by atoms with Gasteiger partial charge >= 0.3 is 5.69 Å². The van der Waals surface area contributed by atoms with Crippen LogP contribution >= 0.6 is 0 Å². The highest BCUT2D eigenvalue weighted by molar-refractivity contribution is 5.75. The molecule has 0 saturated carbocycles. The van der Waals surface area contributed by atoms with E-state index in [9.17, 15) is 9.59 Å². The predicted octanol–water partition coefficient (Wildman–Crippen LogP) is 0.250. The summed E-state index contributed by atoms with van der Waals surface area (Å²) in [6.07, 6.45) is 2.69. The molecule has 0 radical (unpaired) electrons. The summed E-state index contributed by atoms with van der Waals surface area (Å²) < 4.78 is 1.58. The molecule has 84 valence electrons. The highest BCUT2D eigenvalue weighted by Gasteiger charge is 2.05. The van der Waals surface area contributed by atoms with Crippen molar-refractivity contribution in [3.63, 3.8) is 0 Å². The average Bonchev–Trinajstić information content (AvgIpc) is 2.41. The van der Waals surface area contributed by atoms with E-state index in [1.807, 2.05) is 0 Å². The molecule has 15 heavy (non-hydrogen) atoms. The summed E-state index contributed by atoms with van der Waals surface area (Å²) in [5.74, 6) is 0.110. The van der Waals surface area contributed by atoms with Crippen LogP contribution in [-0.2, 0) is 17.8 Å². The number of hydrogen-bond donors (Lipinski definition) is 2. The fourth-order valence-corrected chi connectivity index (χ4v) is 1.33. The van der Waals surface area contributed by atoms with Crippen LogP contribution in [0.4, 0.5) is 0 Å². The van der Waals surface area contributed by atoms with Gasteiger partial charge in [-0.05, 0) is 12.3 Å². The third kappa shape index (κ3) is 3.61. The number of aromatic amines is 1. The molecule has 0 aliphatic heterocycles. The highest BCUT2D eigenvalue weighted by atomic mass is 16.1. The molecule has 1 amide bonds. The SMILES string of the molecule is CC(C)CCn1cc(CC(N)=O)[nH]c1=O. The molecule has 1 rings (SSSR count). The first kappa shape index (κ1) is 11.6. The smallest absolute Gasteiger partial charge is 0.325 e. The number of nitrogens with zero attached hydrogens (tertiary/aromatic N) is 1. The lowest BCUT2D eigenvalue weighted by atomic mass is 10.1. The van der Waals surface area contributed by atoms with Crippen molar-refractivity contribution < 1.29 is 4.79 Å². The number of amides is 1. The van der Waals surface area contributed by atoms with Gasteiger partial charge in [0.2, 0.25) is 5.91 Å². The van der Waals surface area contributed by atoms with Crippen LogP contribution in [0.25, 0.3) is 0 Å². The average molecular weight is 211 g/mol. The number of rotatable bonds is 5. The molecule has 1 aromatic heterocycles. The number of imidazole rings is 1. The van der Waals surface area contributed by atoms with E-state index in [0.717, 1.165) is 6.42 Å². The largest absolute Gasteiger partial charge is 0.369 e. The summed E-state index contributed by atoms with van der Waals surface area (Å²) in [6, 6.07) is 0. The topological polar surface area (TPSA) is 80.9 Å². The van der Waals surface area contributed by atoms with Gasteiger partial charge in [0.05, 0.1) is 6.42 Å². The fraction of sp³-hybridized carbons (Fsp3) is 0.600. The minimum Gasteiger partial charge on any atom is -0.369 e. The molecule has 0 spiro atoms. The Bertz CT molecular complexity index is 390. The van der Waals surface area contributed by atoms with Crippen molar-refractivity contribution >= 4 is 5.91 Å². The molecule has 0 saturated heterocycles. The Morgan fingerprint density at radius 1 is 1.60 bits per heavy atom. The second-order valence-corrected chi connectivity index (χ2v) is 4.10. The number of primary amides is 1. The molecule has 5 heteroatoms. The lowest BCUT2D eigenvalue weighted by molar-refractivity contribution is -0.117. The van der Waals surface area contributed by atoms with E-state index in [0.29, 0.717) is 18.2 Å². The van der Waals surface area contributed by atoms with Gasteiger partial charge < -0.3 is 10.7 Å². The molecule has 0 unspecified atom stereocenters. The minimum absolute atomic E-state index is 0.0872. The molecule has 5 nitrogen and oxygen atoms in total. The number of nitrogens with two attached hydrogens (primary N) is 1. The Labute approximate surface area is 88.3 Å². The number of aromatic nitrogens is 2. The summed E-state index contributed by atoms with van der Waals surface area (Å²) >= 11 is 0. The Morgan fingerprint density at radius 3 is 2.80 bits per heavy atom. The second kappa shape index (κ2) is 4.82. The van der Waals surface area contributed by atoms with Crippen LogP contribution in [0.5, 0.6) is 0 Å². The number of nitrogens with one attached hydrogen (secondary N) is 1. The molecule has 0 aliphatic rings. The maximum Gasteiger partial charge on any atom is 0.325 e. The zero-order chi connectivity index (χ0) is 11.4. The maximum absolute atomic E-state index is 11.4. The molecule has 3 N–H and O–H groups in total. The quantitative estimate of drug-likeness (QED) is 0.732. The predicted molar refractivity (Wildman–Crippen MR) is 57.4 cm³/mol. The summed E-state index contributed by atoms with van der Waals surface area (Å²) in [5.41, 5.74) is 5.44. The number of carbonyl (C=O) groups excluding carboxylic acids is 1. The van der Waals surface area contributed by atoms with E-state index in [-0.39, 0.29) is 12.1 Å². The molecular weight excluding hydrogens is 194 g/mol. The van der Waals surface area contributed by atoms with E-state index in [1.54, 1.807) is 10.8 Å². The first-order valence-electron chi connectivity index (χ1n) is 5.05. The van der Waals surface area contributed by atoms with E-state index >= 15 is 0 Å². The van der Waals surface area contributed by atoms with Gasteiger partial charge in [-0.2, -0.15) is 0 Å². The third-order valence-corrected chi connectivity index (χ3v) is 2.15. The molecule has 1 aromatic rings. The number of H-pyrrole nitrogens is 1. The van der Waals surface area contributed by atoms with Crippen LogP contribution < -0.4 is 11.4 Å². The van der Waals surface area contributed by atoms with E-state index < -0.39 is 5.91 Å². The zero-order valence-corrected chi connectivity index (χ0v) is 9.12. The lowest BCUT2D eigenvalue weighted by Crippen LogP contribution is -2.17. The normalized spacial score (nSPS) is 10.9. The van der Waals surface area contributed by atoms with E-state index in [4.69, 9.17) is 5.73 Å². The van der Waals surface area contributed by atoms with Gasteiger partial charge in [-0.3, -0.25) is 9.36 Å². The number of carbonyl (C=O) groups is 1. The Hall–Kier alpha value is -1.52. The first-order valence-corrected chi connectivity index (χ1v) is 5.05. The number of hydrogen-bond acceptors (Lipinski definition) is 2. The van der Waals surface area contributed by atoms with Crippen LogP contribution in [0.2, 0.25) is 0 Å². The second-order valence-electron chi connectivity index (χ2n) is 4.10. The third-order valence-electron chi connectivity index (χ3n) is 2.15. The first-order chi connectivity index (χ1) is 6.99. The van der Waals surface area contributed by atoms with Crippen molar-refractivity contribution in [3.8, 4) is 0 Å². The molecule has 0 fully saturated rings.